The minimum absolute atomic E-state index is 0.584. The van der Waals surface area contributed by atoms with E-state index in [9.17, 15) is 0 Å². The molecule has 0 unspecified atom stereocenters. The van der Waals surface area contributed by atoms with Crippen molar-refractivity contribution in [1.82, 2.24) is 5.32 Å². The molecule has 2 N–H and O–H groups in total. The fourth-order valence-corrected chi connectivity index (χ4v) is 4.17. The van der Waals surface area contributed by atoms with Crippen LogP contribution in [0.4, 0.5) is 11.4 Å². The van der Waals surface area contributed by atoms with Gasteiger partial charge in [-0.1, -0.05) is 12.1 Å². The maximum Gasteiger partial charge on any atom is 0.196 e. The molecule has 2 aromatic rings. The quantitative estimate of drug-likeness (QED) is 0.485. The number of aliphatic imine (C=N–C) groups is 1. The summed E-state index contributed by atoms with van der Waals surface area (Å²) in [5.74, 6) is 4.59. The zero-order valence-corrected chi connectivity index (χ0v) is 18.9. The Morgan fingerprint density at radius 3 is 2.50 bits per heavy atom. The Labute approximate surface area is 184 Å². The first-order valence-corrected chi connectivity index (χ1v) is 11.7. The van der Waals surface area contributed by atoms with Crippen LogP contribution in [0.3, 0.4) is 0 Å². The van der Waals surface area contributed by atoms with Gasteiger partial charge in [0.1, 0.15) is 0 Å². The summed E-state index contributed by atoms with van der Waals surface area (Å²) in [6.07, 6.45) is 0. The molecule has 0 radical (unpaired) electrons. The molecule has 0 spiro atoms. The van der Waals surface area contributed by atoms with Crippen molar-refractivity contribution in [2.24, 2.45) is 4.99 Å². The molecule has 1 aliphatic rings. The van der Waals surface area contributed by atoms with E-state index in [0.717, 1.165) is 37.0 Å². The summed E-state index contributed by atoms with van der Waals surface area (Å²) in [5.41, 5.74) is 3.39. The number of rotatable bonds is 8. The number of hydrogen-bond donors (Lipinski definition) is 2. The molecule has 1 heterocycles. The van der Waals surface area contributed by atoms with Gasteiger partial charge < -0.3 is 25.0 Å². The monoisotopic (exact) mass is 428 g/mol. The highest BCUT2D eigenvalue weighted by atomic mass is 32.2. The van der Waals surface area contributed by atoms with Gasteiger partial charge in [-0.3, -0.25) is 0 Å². The molecule has 1 aliphatic heterocycles. The van der Waals surface area contributed by atoms with E-state index in [0.29, 0.717) is 18.9 Å². The molecule has 162 valence electrons. The van der Waals surface area contributed by atoms with Gasteiger partial charge in [-0.25, -0.2) is 4.99 Å². The molecule has 7 heteroatoms. The number of nitrogens with zero attached hydrogens (tertiary/aromatic N) is 2. The Balaban J connectivity index is 1.66. The smallest absolute Gasteiger partial charge is 0.196 e. The highest BCUT2D eigenvalue weighted by molar-refractivity contribution is 7.99. The van der Waals surface area contributed by atoms with Gasteiger partial charge in [-0.2, -0.15) is 11.8 Å². The molecule has 0 amide bonds. The van der Waals surface area contributed by atoms with Crippen molar-refractivity contribution < 1.29 is 9.47 Å². The maximum absolute atomic E-state index is 5.67. The average Bonchev–Trinajstić information content (AvgIpc) is 2.79. The summed E-state index contributed by atoms with van der Waals surface area (Å²) < 4.78 is 11.0. The zero-order chi connectivity index (χ0) is 21.2. The number of benzene rings is 2. The second kappa shape index (κ2) is 11.6. The normalized spacial score (nSPS) is 14.4. The van der Waals surface area contributed by atoms with E-state index in [4.69, 9.17) is 14.5 Å². The van der Waals surface area contributed by atoms with E-state index >= 15 is 0 Å². The lowest BCUT2D eigenvalue weighted by molar-refractivity contribution is 0.311. The van der Waals surface area contributed by atoms with E-state index in [1.54, 1.807) is 7.11 Å². The molecule has 1 saturated heterocycles. The number of methoxy groups -OCH3 is 1. The molecule has 30 heavy (non-hydrogen) atoms. The van der Waals surface area contributed by atoms with Crippen LogP contribution in [0.25, 0.3) is 0 Å². The molecule has 1 fully saturated rings. The van der Waals surface area contributed by atoms with Crippen molar-refractivity contribution >= 4 is 29.1 Å². The third kappa shape index (κ3) is 6.23. The van der Waals surface area contributed by atoms with Crippen molar-refractivity contribution in [3.8, 4) is 11.5 Å². The minimum atomic E-state index is 0.584. The van der Waals surface area contributed by atoms with Crippen molar-refractivity contribution in [3.05, 3.63) is 48.0 Å². The van der Waals surface area contributed by atoms with Crippen LogP contribution in [-0.4, -0.2) is 50.8 Å². The van der Waals surface area contributed by atoms with Crippen LogP contribution in [-0.2, 0) is 6.54 Å². The summed E-state index contributed by atoms with van der Waals surface area (Å²) in [7, 11) is 1.64. The van der Waals surface area contributed by atoms with Crippen LogP contribution in [0.1, 0.15) is 19.4 Å². The Morgan fingerprint density at radius 2 is 1.83 bits per heavy atom. The third-order valence-electron chi connectivity index (χ3n) is 4.80. The highest BCUT2D eigenvalue weighted by Gasteiger charge is 2.11. The Kier molecular flexibility index (Phi) is 8.56. The molecule has 2 aromatic carbocycles. The predicted molar refractivity (Wildman–Crippen MR) is 129 cm³/mol. The standard InChI is InChI=1S/C23H32N4O2S/c1-4-24-23(26-19-8-11-21(28-3)22(16-19)29-5-2)25-17-18-6-9-20(10-7-18)27-12-14-30-15-13-27/h6-11,16H,4-5,12-15,17H2,1-3H3,(H2,24,25,26). The number of anilines is 2. The first-order valence-electron chi connectivity index (χ1n) is 10.5. The first kappa shape index (κ1) is 22.2. The molecule has 0 atom stereocenters. The van der Waals surface area contributed by atoms with Crippen molar-refractivity contribution in [2.45, 2.75) is 20.4 Å². The van der Waals surface area contributed by atoms with Gasteiger partial charge in [-0.15, -0.1) is 0 Å². The van der Waals surface area contributed by atoms with Crippen molar-refractivity contribution in [3.63, 3.8) is 0 Å². The molecule has 0 saturated carbocycles. The molecule has 0 aliphatic carbocycles. The number of ether oxygens (including phenoxy) is 2. The second-order valence-corrected chi connectivity index (χ2v) is 8.11. The van der Waals surface area contributed by atoms with E-state index in [2.05, 4.69) is 46.7 Å². The predicted octanol–water partition coefficient (Wildman–Crippen LogP) is 4.22. The van der Waals surface area contributed by atoms with E-state index in [-0.39, 0.29) is 0 Å². The summed E-state index contributed by atoms with van der Waals surface area (Å²) in [6.45, 7) is 8.25. The van der Waals surface area contributed by atoms with Gasteiger partial charge in [-0.05, 0) is 43.7 Å². The van der Waals surface area contributed by atoms with Crippen LogP contribution < -0.4 is 25.0 Å². The lowest BCUT2D eigenvalue weighted by atomic mass is 10.2. The second-order valence-electron chi connectivity index (χ2n) is 6.88. The lowest BCUT2D eigenvalue weighted by Gasteiger charge is -2.28. The number of guanidine groups is 1. The fourth-order valence-electron chi connectivity index (χ4n) is 3.27. The summed E-state index contributed by atoms with van der Waals surface area (Å²) in [5, 5.41) is 6.66. The minimum Gasteiger partial charge on any atom is -0.493 e. The first-order chi connectivity index (χ1) is 14.7. The maximum atomic E-state index is 5.67. The van der Waals surface area contributed by atoms with Gasteiger partial charge >= 0.3 is 0 Å². The average molecular weight is 429 g/mol. The Bertz CT molecular complexity index is 820. The van der Waals surface area contributed by atoms with Gasteiger partial charge in [0.25, 0.3) is 0 Å². The van der Waals surface area contributed by atoms with Crippen LogP contribution in [0, 0.1) is 0 Å². The van der Waals surface area contributed by atoms with E-state index < -0.39 is 0 Å². The largest absolute Gasteiger partial charge is 0.493 e. The highest BCUT2D eigenvalue weighted by Crippen LogP contribution is 2.30. The van der Waals surface area contributed by atoms with E-state index in [1.165, 1.54) is 22.8 Å². The van der Waals surface area contributed by atoms with Crippen molar-refractivity contribution in [1.29, 1.82) is 0 Å². The SMILES string of the molecule is CCNC(=NCc1ccc(N2CCSCC2)cc1)Nc1ccc(OC)c(OCC)c1. The van der Waals surface area contributed by atoms with E-state index in [1.807, 2.05) is 36.9 Å². The van der Waals surface area contributed by atoms with Gasteiger partial charge in [0.15, 0.2) is 17.5 Å². The van der Waals surface area contributed by atoms with Gasteiger partial charge in [0.05, 0.1) is 20.3 Å². The molecule has 6 nitrogen and oxygen atoms in total. The number of thioether (sulfide) groups is 1. The van der Waals surface area contributed by atoms with Gasteiger partial charge in [0, 0.05) is 48.6 Å². The fraction of sp³-hybridized carbons (Fsp3) is 0.435. The Hall–Kier alpha value is -2.54. The van der Waals surface area contributed by atoms with Crippen LogP contribution in [0.2, 0.25) is 0 Å². The number of nitrogens with one attached hydrogen (secondary N) is 2. The zero-order valence-electron chi connectivity index (χ0n) is 18.1. The molecular formula is C23H32N4O2S. The summed E-state index contributed by atoms with van der Waals surface area (Å²) in [6, 6.07) is 14.5. The third-order valence-corrected chi connectivity index (χ3v) is 5.75. The van der Waals surface area contributed by atoms with Crippen molar-refractivity contribution in [2.75, 3.05) is 55.1 Å². The molecule has 0 bridgehead atoms. The van der Waals surface area contributed by atoms with Crippen LogP contribution >= 0.6 is 11.8 Å². The topological polar surface area (TPSA) is 58.1 Å². The van der Waals surface area contributed by atoms with Gasteiger partial charge in [0.2, 0.25) is 0 Å². The molecule has 0 aromatic heterocycles. The summed E-state index contributed by atoms with van der Waals surface area (Å²) in [4.78, 5) is 7.20. The number of hydrogen-bond acceptors (Lipinski definition) is 5. The van der Waals surface area contributed by atoms with Crippen LogP contribution in [0.5, 0.6) is 11.5 Å². The summed E-state index contributed by atoms with van der Waals surface area (Å²) >= 11 is 2.03. The van der Waals surface area contributed by atoms with Crippen LogP contribution in [0.15, 0.2) is 47.5 Å². The Morgan fingerprint density at radius 1 is 1.07 bits per heavy atom. The molecule has 3 rings (SSSR count). The lowest BCUT2D eigenvalue weighted by Crippen LogP contribution is -2.32. The molecular weight excluding hydrogens is 396 g/mol.